The van der Waals surface area contributed by atoms with Crippen molar-refractivity contribution in [2.75, 3.05) is 6.61 Å². The molecule has 0 aliphatic carbocycles. The summed E-state index contributed by atoms with van der Waals surface area (Å²) >= 11 is 0. The van der Waals surface area contributed by atoms with E-state index in [-0.39, 0.29) is 6.10 Å². The van der Waals surface area contributed by atoms with Gasteiger partial charge in [0.1, 0.15) is 5.75 Å². The zero-order chi connectivity index (χ0) is 14.7. The maximum Gasteiger partial charge on any atom is 0.122 e. The molecule has 0 bridgehead atoms. The number of rotatable bonds is 5. The molecule has 21 heavy (non-hydrogen) atoms. The van der Waals surface area contributed by atoms with Gasteiger partial charge in [0.2, 0.25) is 0 Å². The Balaban J connectivity index is 1.61. The molecule has 0 aromatic heterocycles. The molecule has 0 amide bonds. The third-order valence-corrected chi connectivity index (χ3v) is 4.23. The van der Waals surface area contributed by atoms with E-state index in [2.05, 4.69) is 37.3 Å². The lowest BCUT2D eigenvalue weighted by molar-refractivity contribution is 0.168. The second kappa shape index (κ2) is 6.31. The molecular weight excluding hydrogens is 260 g/mol. The molecule has 0 saturated heterocycles. The van der Waals surface area contributed by atoms with Crippen molar-refractivity contribution < 1.29 is 9.84 Å². The second-order valence-corrected chi connectivity index (χ2v) is 5.69. The van der Waals surface area contributed by atoms with Gasteiger partial charge in [-0.3, -0.25) is 0 Å². The first-order valence-electron chi connectivity index (χ1n) is 7.78. The fraction of sp³-hybridized carbons (Fsp3) is 0.368. The van der Waals surface area contributed by atoms with E-state index in [1.165, 1.54) is 16.7 Å². The van der Waals surface area contributed by atoms with E-state index in [0.29, 0.717) is 0 Å². The topological polar surface area (TPSA) is 29.5 Å². The average molecular weight is 282 g/mol. The minimum Gasteiger partial charge on any atom is -0.493 e. The minimum absolute atomic E-state index is 0.389. The van der Waals surface area contributed by atoms with Crippen LogP contribution in [0.25, 0.3) is 0 Å². The van der Waals surface area contributed by atoms with Crippen LogP contribution in [-0.4, -0.2) is 11.7 Å². The van der Waals surface area contributed by atoms with Crippen LogP contribution in [0.15, 0.2) is 42.5 Å². The molecular formula is C19H22O2. The van der Waals surface area contributed by atoms with Crippen LogP contribution in [0, 0.1) is 0 Å². The summed E-state index contributed by atoms with van der Waals surface area (Å²) in [6, 6.07) is 14.7. The average Bonchev–Trinajstić information content (AvgIpc) is 3.00. The molecule has 2 nitrogen and oxygen atoms in total. The Labute approximate surface area is 126 Å². The Kier molecular flexibility index (Phi) is 4.26. The van der Waals surface area contributed by atoms with Crippen LogP contribution in [-0.2, 0) is 19.3 Å². The lowest BCUT2D eigenvalue weighted by Crippen LogP contribution is -2.00. The molecule has 2 aromatic rings. The standard InChI is InChI=1S/C19H22O2/c1-2-14-3-7-16(8-4-14)18(20)9-5-15-6-10-19-17(13-15)11-12-21-19/h3-4,6-8,10,13,18,20H,2,5,9,11-12H2,1H3. The van der Waals surface area contributed by atoms with E-state index in [1.54, 1.807) is 0 Å². The van der Waals surface area contributed by atoms with Crippen molar-refractivity contribution in [2.45, 2.75) is 38.7 Å². The fourth-order valence-electron chi connectivity index (χ4n) is 2.84. The molecule has 0 spiro atoms. The highest BCUT2D eigenvalue weighted by atomic mass is 16.5. The summed E-state index contributed by atoms with van der Waals surface area (Å²) in [5.41, 5.74) is 4.90. The van der Waals surface area contributed by atoms with Crippen molar-refractivity contribution in [2.24, 2.45) is 0 Å². The number of aliphatic hydroxyl groups is 1. The largest absolute Gasteiger partial charge is 0.493 e. The predicted molar refractivity (Wildman–Crippen MR) is 84.7 cm³/mol. The van der Waals surface area contributed by atoms with Crippen LogP contribution in [0.3, 0.4) is 0 Å². The number of ether oxygens (including phenoxy) is 1. The summed E-state index contributed by atoms with van der Waals surface area (Å²) in [7, 11) is 0. The lowest BCUT2D eigenvalue weighted by Gasteiger charge is -2.12. The van der Waals surface area contributed by atoms with Gasteiger partial charge >= 0.3 is 0 Å². The van der Waals surface area contributed by atoms with E-state index in [0.717, 1.165) is 43.6 Å². The highest BCUT2D eigenvalue weighted by molar-refractivity contribution is 5.39. The molecule has 3 rings (SSSR count). The summed E-state index contributed by atoms with van der Waals surface area (Å²) in [6.07, 6.45) is 3.30. The van der Waals surface area contributed by atoms with Crippen LogP contribution in [0.5, 0.6) is 5.75 Å². The minimum atomic E-state index is -0.389. The van der Waals surface area contributed by atoms with Crippen LogP contribution in [0.2, 0.25) is 0 Å². The molecule has 1 aliphatic rings. The Morgan fingerprint density at radius 1 is 1.10 bits per heavy atom. The highest BCUT2D eigenvalue weighted by Gasteiger charge is 2.13. The van der Waals surface area contributed by atoms with E-state index >= 15 is 0 Å². The zero-order valence-corrected chi connectivity index (χ0v) is 12.5. The number of fused-ring (bicyclic) bond motifs is 1. The predicted octanol–water partition coefficient (Wildman–Crippen LogP) is 3.85. The quantitative estimate of drug-likeness (QED) is 0.902. The van der Waals surface area contributed by atoms with Crippen molar-refractivity contribution in [1.82, 2.24) is 0 Å². The molecule has 0 fully saturated rings. The van der Waals surface area contributed by atoms with Gasteiger partial charge < -0.3 is 9.84 Å². The Hall–Kier alpha value is -1.80. The molecule has 1 atom stereocenters. The van der Waals surface area contributed by atoms with Crippen LogP contribution >= 0.6 is 0 Å². The summed E-state index contributed by atoms with van der Waals surface area (Å²) in [5.74, 6) is 1.02. The van der Waals surface area contributed by atoms with E-state index in [9.17, 15) is 5.11 Å². The van der Waals surface area contributed by atoms with Crippen molar-refractivity contribution >= 4 is 0 Å². The third-order valence-electron chi connectivity index (χ3n) is 4.23. The highest BCUT2D eigenvalue weighted by Crippen LogP contribution is 2.27. The van der Waals surface area contributed by atoms with Crippen molar-refractivity contribution in [3.05, 3.63) is 64.7 Å². The summed E-state index contributed by atoms with van der Waals surface area (Å²) in [4.78, 5) is 0. The molecule has 2 heteroatoms. The van der Waals surface area contributed by atoms with E-state index in [4.69, 9.17) is 4.74 Å². The van der Waals surface area contributed by atoms with E-state index < -0.39 is 0 Å². The molecule has 1 aliphatic heterocycles. The molecule has 1 N–H and O–H groups in total. The molecule has 1 heterocycles. The molecule has 0 radical (unpaired) electrons. The van der Waals surface area contributed by atoms with Crippen LogP contribution in [0.1, 0.15) is 41.7 Å². The van der Waals surface area contributed by atoms with Gasteiger partial charge in [0, 0.05) is 6.42 Å². The second-order valence-electron chi connectivity index (χ2n) is 5.69. The maximum absolute atomic E-state index is 10.3. The van der Waals surface area contributed by atoms with Gasteiger partial charge in [-0.2, -0.15) is 0 Å². The Morgan fingerprint density at radius 2 is 1.86 bits per heavy atom. The van der Waals surface area contributed by atoms with Crippen LogP contribution < -0.4 is 4.74 Å². The SMILES string of the molecule is CCc1ccc(C(O)CCc2ccc3c(c2)CCO3)cc1. The number of aliphatic hydroxyl groups excluding tert-OH is 1. The fourth-order valence-corrected chi connectivity index (χ4v) is 2.84. The summed E-state index contributed by atoms with van der Waals surface area (Å²) < 4.78 is 5.52. The van der Waals surface area contributed by atoms with Gasteiger partial charge in [-0.05, 0) is 47.6 Å². The molecule has 0 saturated carbocycles. The van der Waals surface area contributed by atoms with Crippen molar-refractivity contribution in [1.29, 1.82) is 0 Å². The number of aryl methyl sites for hydroxylation is 2. The third kappa shape index (κ3) is 3.27. The Morgan fingerprint density at radius 3 is 2.62 bits per heavy atom. The number of hydrogen-bond acceptors (Lipinski definition) is 2. The van der Waals surface area contributed by atoms with Gasteiger partial charge in [-0.25, -0.2) is 0 Å². The van der Waals surface area contributed by atoms with Crippen molar-refractivity contribution in [3.63, 3.8) is 0 Å². The van der Waals surface area contributed by atoms with Gasteiger partial charge in [0.05, 0.1) is 12.7 Å². The maximum atomic E-state index is 10.3. The van der Waals surface area contributed by atoms with Gasteiger partial charge in [-0.1, -0.05) is 43.3 Å². The summed E-state index contributed by atoms with van der Waals surface area (Å²) in [5, 5.41) is 10.3. The number of benzene rings is 2. The lowest BCUT2D eigenvalue weighted by atomic mass is 9.98. The first kappa shape index (κ1) is 14.2. The first-order chi connectivity index (χ1) is 10.3. The number of hydrogen-bond donors (Lipinski definition) is 1. The Bertz CT molecular complexity index is 601. The molecule has 1 unspecified atom stereocenters. The molecule has 110 valence electrons. The van der Waals surface area contributed by atoms with E-state index in [1.807, 2.05) is 12.1 Å². The monoisotopic (exact) mass is 282 g/mol. The summed E-state index contributed by atoms with van der Waals surface area (Å²) in [6.45, 7) is 2.94. The smallest absolute Gasteiger partial charge is 0.122 e. The van der Waals surface area contributed by atoms with Gasteiger partial charge in [0.15, 0.2) is 0 Å². The van der Waals surface area contributed by atoms with Gasteiger partial charge in [-0.15, -0.1) is 0 Å². The van der Waals surface area contributed by atoms with Crippen molar-refractivity contribution in [3.8, 4) is 5.75 Å². The normalized spacial score (nSPS) is 14.6. The molecule has 2 aromatic carbocycles. The zero-order valence-electron chi connectivity index (χ0n) is 12.5. The first-order valence-corrected chi connectivity index (χ1v) is 7.78. The van der Waals surface area contributed by atoms with Crippen LogP contribution in [0.4, 0.5) is 0 Å². The van der Waals surface area contributed by atoms with Gasteiger partial charge in [0.25, 0.3) is 0 Å².